The smallest absolute Gasteiger partial charge is 0.0866 e. The molecule has 0 radical (unpaired) electrons. The van der Waals surface area contributed by atoms with Gasteiger partial charge in [-0.2, -0.15) is 0 Å². The van der Waals surface area contributed by atoms with E-state index in [1.165, 1.54) is 37.7 Å². The second-order valence-electron chi connectivity index (χ2n) is 8.22. The van der Waals surface area contributed by atoms with Gasteiger partial charge in [0.2, 0.25) is 0 Å². The van der Waals surface area contributed by atoms with E-state index in [2.05, 4.69) is 33.8 Å². The van der Waals surface area contributed by atoms with E-state index >= 15 is 0 Å². The molecule has 2 aliphatic rings. The van der Waals surface area contributed by atoms with Crippen LogP contribution in [-0.2, 0) is 0 Å². The van der Waals surface area contributed by atoms with Gasteiger partial charge >= 0.3 is 0 Å². The standard InChI is InChI=1S/C17H30O/c1-15(2)11-16(3,4)13-17(18,12-15)14-9-7-5-6-8-10-14/h9,18H,5-8,10-13H2,1-4H3. The monoisotopic (exact) mass is 250 g/mol. The molecule has 2 aliphatic carbocycles. The molecule has 0 aliphatic heterocycles. The summed E-state index contributed by atoms with van der Waals surface area (Å²) in [5.74, 6) is 0. The van der Waals surface area contributed by atoms with Crippen molar-refractivity contribution in [3.8, 4) is 0 Å². The zero-order chi connectivity index (χ0) is 13.4. The molecule has 0 spiro atoms. The summed E-state index contributed by atoms with van der Waals surface area (Å²) >= 11 is 0. The Morgan fingerprint density at radius 2 is 1.50 bits per heavy atom. The summed E-state index contributed by atoms with van der Waals surface area (Å²) in [4.78, 5) is 0. The second-order valence-corrected chi connectivity index (χ2v) is 8.22. The van der Waals surface area contributed by atoms with Gasteiger partial charge in [0.15, 0.2) is 0 Å². The summed E-state index contributed by atoms with van der Waals surface area (Å²) in [5.41, 5.74) is 1.32. The van der Waals surface area contributed by atoms with Crippen molar-refractivity contribution in [3.63, 3.8) is 0 Å². The van der Waals surface area contributed by atoms with Gasteiger partial charge in [0.05, 0.1) is 5.60 Å². The molecular weight excluding hydrogens is 220 g/mol. The molecule has 1 heteroatoms. The lowest BCUT2D eigenvalue weighted by atomic mass is 9.57. The lowest BCUT2D eigenvalue weighted by Gasteiger charge is -2.50. The Kier molecular flexibility index (Phi) is 3.66. The van der Waals surface area contributed by atoms with Gasteiger partial charge in [-0.15, -0.1) is 0 Å². The molecule has 104 valence electrons. The first-order valence-corrected chi connectivity index (χ1v) is 7.65. The second kappa shape index (κ2) is 4.67. The minimum absolute atomic E-state index is 0.254. The Morgan fingerprint density at radius 3 is 2.11 bits per heavy atom. The van der Waals surface area contributed by atoms with Crippen LogP contribution in [-0.4, -0.2) is 10.7 Å². The van der Waals surface area contributed by atoms with E-state index in [4.69, 9.17) is 0 Å². The molecular formula is C17H30O. The van der Waals surface area contributed by atoms with E-state index in [1.807, 2.05) is 0 Å². The molecule has 0 saturated heterocycles. The quantitative estimate of drug-likeness (QED) is 0.660. The number of hydrogen-bond donors (Lipinski definition) is 1. The predicted octanol–water partition coefficient (Wildman–Crippen LogP) is 4.84. The molecule has 1 saturated carbocycles. The van der Waals surface area contributed by atoms with Crippen molar-refractivity contribution in [1.82, 2.24) is 0 Å². The van der Waals surface area contributed by atoms with Crippen LogP contribution in [0.4, 0.5) is 0 Å². The van der Waals surface area contributed by atoms with Crippen LogP contribution in [0.3, 0.4) is 0 Å². The molecule has 0 heterocycles. The number of hydrogen-bond acceptors (Lipinski definition) is 1. The molecule has 0 aromatic heterocycles. The van der Waals surface area contributed by atoms with Gasteiger partial charge in [0.25, 0.3) is 0 Å². The van der Waals surface area contributed by atoms with Gasteiger partial charge in [-0.05, 0) is 61.3 Å². The molecule has 0 aromatic rings. The molecule has 0 bridgehead atoms. The van der Waals surface area contributed by atoms with Crippen molar-refractivity contribution in [2.75, 3.05) is 0 Å². The van der Waals surface area contributed by atoms with Crippen molar-refractivity contribution in [3.05, 3.63) is 11.6 Å². The van der Waals surface area contributed by atoms with Crippen molar-refractivity contribution >= 4 is 0 Å². The largest absolute Gasteiger partial charge is 0.385 e. The average Bonchev–Trinajstić information content (AvgIpc) is 2.38. The first-order valence-electron chi connectivity index (χ1n) is 7.65. The predicted molar refractivity (Wildman–Crippen MR) is 77.5 cm³/mol. The zero-order valence-corrected chi connectivity index (χ0v) is 12.7. The molecule has 18 heavy (non-hydrogen) atoms. The zero-order valence-electron chi connectivity index (χ0n) is 12.7. The lowest BCUT2D eigenvalue weighted by molar-refractivity contribution is -0.0626. The first-order chi connectivity index (χ1) is 8.23. The van der Waals surface area contributed by atoms with Crippen LogP contribution in [0.2, 0.25) is 0 Å². The van der Waals surface area contributed by atoms with Crippen LogP contribution in [0.15, 0.2) is 11.6 Å². The lowest BCUT2D eigenvalue weighted by Crippen LogP contribution is -2.47. The highest BCUT2D eigenvalue weighted by Gasteiger charge is 2.47. The molecule has 1 N–H and O–H groups in total. The fraction of sp³-hybridized carbons (Fsp3) is 0.882. The Hall–Kier alpha value is -0.300. The van der Waals surface area contributed by atoms with Crippen molar-refractivity contribution < 1.29 is 5.11 Å². The summed E-state index contributed by atoms with van der Waals surface area (Å²) in [7, 11) is 0. The summed E-state index contributed by atoms with van der Waals surface area (Å²) in [6.07, 6.45) is 11.6. The third-order valence-electron chi connectivity index (χ3n) is 4.64. The van der Waals surface area contributed by atoms with Gasteiger partial charge in [0.1, 0.15) is 0 Å². The van der Waals surface area contributed by atoms with Crippen molar-refractivity contribution in [2.24, 2.45) is 10.8 Å². The van der Waals surface area contributed by atoms with E-state index in [9.17, 15) is 5.11 Å². The van der Waals surface area contributed by atoms with Gasteiger partial charge in [-0.1, -0.05) is 40.2 Å². The Labute approximate surface area is 113 Å². The minimum atomic E-state index is -0.532. The Morgan fingerprint density at radius 1 is 0.889 bits per heavy atom. The fourth-order valence-electron chi connectivity index (χ4n) is 4.73. The van der Waals surface area contributed by atoms with Gasteiger partial charge in [-0.3, -0.25) is 0 Å². The number of allylic oxidation sites excluding steroid dienone is 1. The third-order valence-corrected chi connectivity index (χ3v) is 4.64. The van der Waals surface area contributed by atoms with Crippen LogP contribution in [0.1, 0.15) is 79.1 Å². The van der Waals surface area contributed by atoms with E-state index in [0.29, 0.717) is 0 Å². The highest BCUT2D eigenvalue weighted by atomic mass is 16.3. The summed E-state index contributed by atoms with van der Waals surface area (Å²) < 4.78 is 0. The van der Waals surface area contributed by atoms with Gasteiger partial charge < -0.3 is 5.11 Å². The Bertz CT molecular complexity index is 320. The van der Waals surface area contributed by atoms with Gasteiger partial charge in [-0.25, -0.2) is 0 Å². The topological polar surface area (TPSA) is 20.2 Å². The molecule has 0 amide bonds. The summed E-state index contributed by atoms with van der Waals surface area (Å²) in [6.45, 7) is 9.26. The molecule has 2 rings (SSSR count). The van der Waals surface area contributed by atoms with Crippen molar-refractivity contribution in [2.45, 2.75) is 84.7 Å². The highest BCUT2D eigenvalue weighted by Crippen LogP contribution is 2.53. The van der Waals surface area contributed by atoms with E-state index in [1.54, 1.807) is 0 Å². The van der Waals surface area contributed by atoms with E-state index in [0.717, 1.165) is 19.3 Å². The van der Waals surface area contributed by atoms with Crippen LogP contribution < -0.4 is 0 Å². The normalized spacial score (nSPS) is 30.4. The van der Waals surface area contributed by atoms with E-state index in [-0.39, 0.29) is 10.8 Å². The highest BCUT2D eigenvalue weighted by molar-refractivity contribution is 5.21. The fourth-order valence-corrected chi connectivity index (χ4v) is 4.73. The van der Waals surface area contributed by atoms with Crippen molar-refractivity contribution in [1.29, 1.82) is 0 Å². The molecule has 1 nitrogen and oxygen atoms in total. The van der Waals surface area contributed by atoms with Crippen LogP contribution in [0.25, 0.3) is 0 Å². The summed E-state index contributed by atoms with van der Waals surface area (Å²) in [6, 6.07) is 0. The molecule has 1 fully saturated rings. The SMILES string of the molecule is CC1(C)CC(C)(C)CC(O)(C2=CCCCCC2)C1. The maximum atomic E-state index is 11.2. The number of aliphatic hydroxyl groups is 1. The summed E-state index contributed by atoms with van der Waals surface area (Å²) in [5, 5.41) is 11.2. The maximum Gasteiger partial charge on any atom is 0.0866 e. The Balaban J connectivity index is 2.25. The third kappa shape index (κ3) is 3.17. The van der Waals surface area contributed by atoms with Crippen LogP contribution in [0.5, 0.6) is 0 Å². The minimum Gasteiger partial charge on any atom is -0.385 e. The molecule has 0 aromatic carbocycles. The molecule has 0 atom stereocenters. The number of rotatable bonds is 1. The van der Waals surface area contributed by atoms with Crippen LogP contribution >= 0.6 is 0 Å². The first kappa shape index (κ1) is 14.1. The van der Waals surface area contributed by atoms with Gasteiger partial charge in [0, 0.05) is 0 Å². The van der Waals surface area contributed by atoms with E-state index < -0.39 is 5.60 Å². The molecule has 0 unspecified atom stereocenters. The van der Waals surface area contributed by atoms with Crippen LogP contribution in [0, 0.1) is 10.8 Å². The maximum absolute atomic E-state index is 11.2. The average molecular weight is 250 g/mol.